The molecule has 0 saturated carbocycles. The Hall–Kier alpha value is -2.37. The van der Waals surface area contributed by atoms with Crippen molar-refractivity contribution in [2.75, 3.05) is 13.2 Å². The van der Waals surface area contributed by atoms with Gasteiger partial charge in [-0.3, -0.25) is 14.4 Å². The number of hydrogen-bond donors (Lipinski definition) is 0. The van der Waals surface area contributed by atoms with E-state index in [2.05, 4.69) is 57.2 Å². The van der Waals surface area contributed by atoms with Crippen LogP contribution in [0, 0.1) is 0 Å². The van der Waals surface area contributed by atoms with Crippen LogP contribution >= 0.6 is 0 Å². The molecule has 0 aromatic carbocycles. The van der Waals surface area contributed by atoms with Crippen molar-refractivity contribution in [2.24, 2.45) is 0 Å². The molecule has 0 N–H and O–H groups in total. The summed E-state index contributed by atoms with van der Waals surface area (Å²) < 4.78 is 16.9. The summed E-state index contributed by atoms with van der Waals surface area (Å²) in [5.41, 5.74) is 0. The van der Waals surface area contributed by atoms with Crippen LogP contribution in [0.4, 0.5) is 0 Å². The Labute approximate surface area is 429 Å². The van der Waals surface area contributed by atoms with Gasteiger partial charge in [0.15, 0.2) is 6.10 Å². The molecule has 0 heterocycles. The van der Waals surface area contributed by atoms with Gasteiger partial charge in [-0.15, -0.1) is 0 Å². The molecule has 0 aliphatic rings. The van der Waals surface area contributed by atoms with Crippen molar-refractivity contribution in [1.29, 1.82) is 0 Å². The van der Waals surface area contributed by atoms with Crippen molar-refractivity contribution in [2.45, 2.75) is 335 Å². The molecular formula is C63H116O6. The lowest BCUT2D eigenvalue weighted by Gasteiger charge is -2.18. The highest BCUT2D eigenvalue weighted by Gasteiger charge is 2.19. The summed E-state index contributed by atoms with van der Waals surface area (Å²) in [6.45, 7) is 6.61. The van der Waals surface area contributed by atoms with Crippen LogP contribution in [-0.2, 0) is 28.6 Å². The highest BCUT2D eigenvalue weighted by Crippen LogP contribution is 2.17. The molecule has 0 amide bonds. The van der Waals surface area contributed by atoms with E-state index in [4.69, 9.17) is 14.2 Å². The molecule has 0 fully saturated rings. The molecule has 0 aromatic heterocycles. The van der Waals surface area contributed by atoms with E-state index in [1.54, 1.807) is 0 Å². The van der Waals surface area contributed by atoms with E-state index in [1.807, 2.05) is 0 Å². The van der Waals surface area contributed by atoms with Crippen molar-refractivity contribution in [3.8, 4) is 0 Å². The molecule has 0 radical (unpaired) electrons. The summed E-state index contributed by atoms with van der Waals surface area (Å²) in [4.78, 5) is 38.1. The average molecular weight is 970 g/mol. The lowest BCUT2D eigenvalue weighted by molar-refractivity contribution is -0.167. The first-order valence-corrected chi connectivity index (χ1v) is 30.5. The summed E-state index contributed by atoms with van der Waals surface area (Å²) in [6, 6.07) is 0. The largest absolute Gasteiger partial charge is 0.462 e. The quantitative estimate of drug-likeness (QED) is 0.0261. The first-order chi connectivity index (χ1) is 34.0. The van der Waals surface area contributed by atoms with E-state index in [0.29, 0.717) is 19.3 Å². The predicted octanol–water partition coefficient (Wildman–Crippen LogP) is 20.4. The standard InChI is InChI=1S/C63H116O6/c1-4-7-10-13-16-19-22-24-26-28-29-30-31-32-33-34-35-36-38-39-41-44-47-50-53-56-62(65)68-59-60(58-67-61(64)55-52-49-46-43-21-18-15-12-9-6-3)69-63(66)57-54-51-48-45-42-40-37-27-25-23-20-17-14-11-8-5-2/h12,15,22,24,28-29,60H,4-11,13-14,16-21,23,25-27,30-59H2,1-3H3/b15-12-,24-22-,29-28-. The number of unbranched alkanes of at least 4 members (excludes halogenated alkanes) is 39. The SMILES string of the molecule is CCC/C=C\CCCCCCCC(=O)OCC(COC(=O)CCCCCCCCCCCCCCC/C=C\C/C=C\CCCCCCC)OC(=O)CCCCCCCCCCCCCCCCCC. The third kappa shape index (κ3) is 56.4. The zero-order valence-electron chi connectivity index (χ0n) is 46.3. The van der Waals surface area contributed by atoms with Gasteiger partial charge in [0.05, 0.1) is 0 Å². The van der Waals surface area contributed by atoms with E-state index in [9.17, 15) is 14.4 Å². The number of rotatable bonds is 56. The van der Waals surface area contributed by atoms with Gasteiger partial charge in [-0.1, -0.05) is 276 Å². The second-order valence-corrected chi connectivity index (χ2v) is 20.6. The summed E-state index contributed by atoms with van der Waals surface area (Å²) in [7, 11) is 0. The Balaban J connectivity index is 4.19. The van der Waals surface area contributed by atoms with Crippen LogP contribution in [0.3, 0.4) is 0 Å². The summed E-state index contributed by atoms with van der Waals surface area (Å²) in [5, 5.41) is 0. The van der Waals surface area contributed by atoms with Crippen molar-refractivity contribution in [1.82, 2.24) is 0 Å². The molecule has 0 aliphatic heterocycles. The van der Waals surface area contributed by atoms with E-state index < -0.39 is 6.10 Å². The lowest BCUT2D eigenvalue weighted by Crippen LogP contribution is -2.30. The van der Waals surface area contributed by atoms with Crippen LogP contribution in [0.2, 0.25) is 0 Å². The first-order valence-electron chi connectivity index (χ1n) is 30.5. The minimum atomic E-state index is -0.772. The number of carbonyl (C=O) groups is 3. The molecular weight excluding hydrogens is 853 g/mol. The number of hydrogen-bond acceptors (Lipinski definition) is 6. The number of carbonyl (C=O) groups excluding carboxylic acids is 3. The number of esters is 3. The molecule has 69 heavy (non-hydrogen) atoms. The molecule has 1 atom stereocenters. The Morgan fingerprint density at radius 1 is 0.290 bits per heavy atom. The van der Waals surface area contributed by atoms with E-state index in [0.717, 1.165) is 77.0 Å². The van der Waals surface area contributed by atoms with Gasteiger partial charge in [-0.25, -0.2) is 0 Å². The Morgan fingerprint density at radius 3 is 0.870 bits per heavy atom. The second-order valence-electron chi connectivity index (χ2n) is 20.6. The van der Waals surface area contributed by atoms with Gasteiger partial charge >= 0.3 is 17.9 Å². The fraction of sp³-hybridized carbons (Fsp3) is 0.857. The van der Waals surface area contributed by atoms with Gasteiger partial charge in [0.25, 0.3) is 0 Å². The minimum Gasteiger partial charge on any atom is -0.462 e. The maximum absolute atomic E-state index is 12.8. The van der Waals surface area contributed by atoms with Crippen LogP contribution in [0.25, 0.3) is 0 Å². The third-order valence-corrected chi connectivity index (χ3v) is 13.6. The summed E-state index contributed by atoms with van der Waals surface area (Å²) in [5.74, 6) is -0.864. The van der Waals surface area contributed by atoms with E-state index in [1.165, 1.54) is 212 Å². The monoisotopic (exact) mass is 969 g/mol. The van der Waals surface area contributed by atoms with Gasteiger partial charge in [-0.2, -0.15) is 0 Å². The summed E-state index contributed by atoms with van der Waals surface area (Å²) >= 11 is 0. The first kappa shape index (κ1) is 66.6. The number of ether oxygens (including phenoxy) is 3. The zero-order valence-corrected chi connectivity index (χ0v) is 46.3. The highest BCUT2D eigenvalue weighted by atomic mass is 16.6. The molecule has 0 saturated heterocycles. The molecule has 404 valence electrons. The normalized spacial score (nSPS) is 12.2. The molecule has 0 rings (SSSR count). The fourth-order valence-electron chi connectivity index (χ4n) is 9.01. The fourth-order valence-corrected chi connectivity index (χ4v) is 9.01. The number of allylic oxidation sites excluding steroid dienone is 6. The second kappa shape index (κ2) is 58.2. The van der Waals surface area contributed by atoms with Crippen molar-refractivity contribution >= 4 is 17.9 Å². The van der Waals surface area contributed by atoms with Crippen molar-refractivity contribution < 1.29 is 28.6 Å². The third-order valence-electron chi connectivity index (χ3n) is 13.6. The van der Waals surface area contributed by atoms with E-state index >= 15 is 0 Å². The van der Waals surface area contributed by atoms with Crippen molar-refractivity contribution in [3.63, 3.8) is 0 Å². The van der Waals surface area contributed by atoms with Crippen LogP contribution in [-0.4, -0.2) is 37.2 Å². The smallest absolute Gasteiger partial charge is 0.306 e. The van der Waals surface area contributed by atoms with Crippen LogP contribution in [0.5, 0.6) is 0 Å². The predicted molar refractivity (Wildman–Crippen MR) is 298 cm³/mol. The van der Waals surface area contributed by atoms with Crippen LogP contribution in [0.15, 0.2) is 36.5 Å². The Bertz CT molecular complexity index is 1160. The molecule has 0 aliphatic carbocycles. The van der Waals surface area contributed by atoms with Crippen molar-refractivity contribution in [3.05, 3.63) is 36.5 Å². The topological polar surface area (TPSA) is 78.9 Å². The highest BCUT2D eigenvalue weighted by molar-refractivity contribution is 5.71. The van der Waals surface area contributed by atoms with Gasteiger partial charge in [0.1, 0.15) is 13.2 Å². The lowest BCUT2D eigenvalue weighted by atomic mass is 10.0. The molecule has 0 spiro atoms. The van der Waals surface area contributed by atoms with Gasteiger partial charge < -0.3 is 14.2 Å². The van der Waals surface area contributed by atoms with Crippen LogP contribution < -0.4 is 0 Å². The zero-order chi connectivity index (χ0) is 50.0. The average Bonchev–Trinajstić information content (AvgIpc) is 3.35. The van der Waals surface area contributed by atoms with Gasteiger partial charge in [0, 0.05) is 19.3 Å². The molecule has 6 nitrogen and oxygen atoms in total. The van der Waals surface area contributed by atoms with Gasteiger partial charge in [0.2, 0.25) is 0 Å². The molecule has 1 unspecified atom stereocenters. The van der Waals surface area contributed by atoms with Crippen LogP contribution in [0.1, 0.15) is 329 Å². The minimum absolute atomic E-state index is 0.0711. The Kier molecular flexibility index (Phi) is 56.2. The maximum Gasteiger partial charge on any atom is 0.306 e. The summed E-state index contributed by atoms with van der Waals surface area (Å²) in [6.07, 6.45) is 70.1. The van der Waals surface area contributed by atoms with Gasteiger partial charge in [-0.05, 0) is 70.6 Å². The Morgan fingerprint density at radius 2 is 0.551 bits per heavy atom. The molecule has 0 aromatic rings. The maximum atomic E-state index is 12.8. The molecule has 0 bridgehead atoms. The van der Waals surface area contributed by atoms with E-state index in [-0.39, 0.29) is 31.1 Å². The molecule has 6 heteroatoms.